The molecule has 0 aliphatic carbocycles. The van der Waals surface area contributed by atoms with Crippen molar-refractivity contribution in [2.45, 2.75) is 33.6 Å². The molecule has 0 amide bonds. The number of hydrogen-bond donors (Lipinski definition) is 0. The van der Waals surface area contributed by atoms with Gasteiger partial charge in [0, 0.05) is 11.3 Å². The molecule has 0 fully saturated rings. The lowest BCUT2D eigenvalue weighted by Gasteiger charge is -2.07. The summed E-state index contributed by atoms with van der Waals surface area (Å²) in [6.45, 7) is 6.49. The third-order valence-electron chi connectivity index (χ3n) is 2.99. The Bertz CT molecular complexity index is 547. The van der Waals surface area contributed by atoms with Gasteiger partial charge in [0.25, 0.3) is 0 Å². The van der Waals surface area contributed by atoms with E-state index in [4.69, 9.17) is 11.6 Å². The fraction of sp³-hybridized carbons (Fsp3) is 0.375. The van der Waals surface area contributed by atoms with Crippen molar-refractivity contribution >= 4 is 11.6 Å². The van der Waals surface area contributed by atoms with Crippen LogP contribution in [0.2, 0.25) is 5.15 Å². The summed E-state index contributed by atoms with van der Waals surface area (Å²) in [4.78, 5) is 8.93. The highest BCUT2D eigenvalue weighted by Crippen LogP contribution is 2.20. The van der Waals surface area contributed by atoms with E-state index >= 15 is 0 Å². The van der Waals surface area contributed by atoms with E-state index in [-0.39, 0.29) is 0 Å². The Morgan fingerprint density at radius 2 is 1.79 bits per heavy atom. The molecule has 100 valence electrons. The van der Waals surface area contributed by atoms with Crippen LogP contribution in [0.3, 0.4) is 0 Å². The second kappa shape index (κ2) is 6.16. The van der Waals surface area contributed by atoms with Crippen LogP contribution in [0.15, 0.2) is 30.3 Å². The van der Waals surface area contributed by atoms with Gasteiger partial charge in [-0.05, 0) is 30.4 Å². The van der Waals surface area contributed by atoms with Gasteiger partial charge < -0.3 is 0 Å². The number of nitrogens with zero attached hydrogens (tertiary/aromatic N) is 2. The van der Waals surface area contributed by atoms with Crippen LogP contribution < -0.4 is 0 Å². The molecule has 19 heavy (non-hydrogen) atoms. The van der Waals surface area contributed by atoms with E-state index in [9.17, 15) is 0 Å². The van der Waals surface area contributed by atoms with Crippen LogP contribution in [-0.2, 0) is 12.8 Å². The molecule has 0 aliphatic rings. The number of rotatable bonds is 4. The van der Waals surface area contributed by atoms with E-state index in [1.54, 1.807) is 0 Å². The summed E-state index contributed by atoms with van der Waals surface area (Å²) in [6.07, 6.45) is 1.96. The van der Waals surface area contributed by atoms with Crippen LogP contribution in [0.4, 0.5) is 0 Å². The normalized spacial score (nSPS) is 11.0. The van der Waals surface area contributed by atoms with Crippen molar-refractivity contribution in [2.75, 3.05) is 0 Å². The quantitative estimate of drug-likeness (QED) is 0.764. The molecule has 1 aromatic carbocycles. The molecule has 0 saturated carbocycles. The Labute approximate surface area is 119 Å². The van der Waals surface area contributed by atoms with Crippen LogP contribution >= 0.6 is 11.6 Å². The summed E-state index contributed by atoms with van der Waals surface area (Å²) < 4.78 is 0. The number of halogens is 1. The van der Waals surface area contributed by atoms with Crippen molar-refractivity contribution in [3.05, 3.63) is 46.7 Å². The summed E-state index contributed by atoms with van der Waals surface area (Å²) in [6, 6.07) is 10.2. The molecule has 0 aliphatic heterocycles. The minimum atomic E-state index is 0.514. The van der Waals surface area contributed by atoms with Gasteiger partial charge in [0.05, 0.1) is 0 Å². The predicted octanol–water partition coefficient (Wildman–Crippen LogP) is 4.56. The van der Waals surface area contributed by atoms with Gasteiger partial charge in [-0.2, -0.15) is 0 Å². The zero-order valence-electron chi connectivity index (χ0n) is 11.7. The van der Waals surface area contributed by atoms with Crippen LogP contribution in [0, 0.1) is 5.92 Å². The average molecular weight is 275 g/mol. The van der Waals surface area contributed by atoms with E-state index in [1.807, 2.05) is 6.07 Å². The third kappa shape index (κ3) is 3.77. The Morgan fingerprint density at radius 1 is 1.11 bits per heavy atom. The van der Waals surface area contributed by atoms with Gasteiger partial charge in [0.2, 0.25) is 0 Å². The van der Waals surface area contributed by atoms with Crippen molar-refractivity contribution < 1.29 is 0 Å². The van der Waals surface area contributed by atoms with E-state index in [1.165, 1.54) is 5.56 Å². The van der Waals surface area contributed by atoms with E-state index in [0.29, 0.717) is 16.9 Å². The molecule has 2 nitrogen and oxygen atoms in total. The molecular formula is C16H19ClN2. The van der Waals surface area contributed by atoms with Gasteiger partial charge in [-0.25, -0.2) is 9.97 Å². The lowest BCUT2D eigenvalue weighted by atomic mass is 10.1. The van der Waals surface area contributed by atoms with E-state index in [0.717, 1.165) is 24.1 Å². The second-order valence-electron chi connectivity index (χ2n) is 5.15. The molecule has 1 heterocycles. The van der Waals surface area contributed by atoms with Crippen molar-refractivity contribution in [1.29, 1.82) is 0 Å². The molecule has 0 unspecified atom stereocenters. The van der Waals surface area contributed by atoms with Gasteiger partial charge in [-0.15, -0.1) is 0 Å². The molecule has 0 saturated heterocycles. The second-order valence-corrected chi connectivity index (χ2v) is 5.54. The van der Waals surface area contributed by atoms with Crippen molar-refractivity contribution in [1.82, 2.24) is 9.97 Å². The fourth-order valence-corrected chi connectivity index (χ4v) is 2.21. The first-order valence-corrected chi connectivity index (χ1v) is 7.09. The van der Waals surface area contributed by atoms with Gasteiger partial charge in [0.1, 0.15) is 5.15 Å². The molecular weight excluding hydrogens is 256 g/mol. The molecule has 0 radical (unpaired) electrons. The summed E-state index contributed by atoms with van der Waals surface area (Å²) in [5.41, 5.74) is 3.34. The highest BCUT2D eigenvalue weighted by Gasteiger charge is 2.07. The first kappa shape index (κ1) is 14.0. The highest BCUT2D eigenvalue weighted by molar-refractivity contribution is 6.29. The maximum absolute atomic E-state index is 6.09. The van der Waals surface area contributed by atoms with Crippen LogP contribution in [0.1, 0.15) is 32.0 Å². The summed E-state index contributed by atoms with van der Waals surface area (Å²) in [7, 11) is 0. The summed E-state index contributed by atoms with van der Waals surface area (Å²) >= 11 is 6.09. The minimum Gasteiger partial charge on any atom is -0.233 e. The maximum atomic E-state index is 6.09. The minimum absolute atomic E-state index is 0.514. The predicted molar refractivity (Wildman–Crippen MR) is 80.4 cm³/mol. The molecule has 2 rings (SSSR count). The van der Waals surface area contributed by atoms with Crippen molar-refractivity contribution in [3.63, 3.8) is 0 Å². The van der Waals surface area contributed by atoms with Crippen molar-refractivity contribution in [2.24, 2.45) is 5.92 Å². The number of benzene rings is 1. The fourth-order valence-electron chi connectivity index (χ4n) is 2.01. The average Bonchev–Trinajstić information content (AvgIpc) is 2.37. The van der Waals surface area contributed by atoms with Gasteiger partial charge in [0.15, 0.2) is 5.82 Å². The number of aryl methyl sites for hydroxylation is 1. The van der Waals surface area contributed by atoms with E-state index in [2.05, 4.69) is 55.0 Å². The van der Waals surface area contributed by atoms with Gasteiger partial charge in [-0.3, -0.25) is 0 Å². The Balaban J connectivity index is 2.34. The smallest absolute Gasteiger partial charge is 0.161 e. The molecule has 3 heteroatoms. The SMILES string of the molecule is CCc1ccc(-c2nc(Cl)cc(CC(C)C)n2)cc1. The third-order valence-corrected chi connectivity index (χ3v) is 3.18. The zero-order valence-corrected chi connectivity index (χ0v) is 12.4. The summed E-state index contributed by atoms with van der Waals surface area (Å²) in [5.74, 6) is 1.27. The highest BCUT2D eigenvalue weighted by atomic mass is 35.5. The molecule has 0 spiro atoms. The number of hydrogen-bond acceptors (Lipinski definition) is 2. The molecule has 0 atom stereocenters. The molecule has 1 aromatic heterocycles. The molecule has 0 N–H and O–H groups in total. The van der Waals surface area contributed by atoms with Crippen LogP contribution in [-0.4, -0.2) is 9.97 Å². The summed E-state index contributed by atoms with van der Waals surface area (Å²) in [5, 5.41) is 0.514. The van der Waals surface area contributed by atoms with Crippen LogP contribution in [0.25, 0.3) is 11.4 Å². The molecule has 0 bridgehead atoms. The first-order chi connectivity index (χ1) is 9.08. The van der Waals surface area contributed by atoms with Gasteiger partial charge >= 0.3 is 0 Å². The Morgan fingerprint density at radius 3 is 2.37 bits per heavy atom. The van der Waals surface area contributed by atoms with Crippen molar-refractivity contribution in [3.8, 4) is 11.4 Å². The first-order valence-electron chi connectivity index (χ1n) is 6.71. The Hall–Kier alpha value is -1.41. The largest absolute Gasteiger partial charge is 0.233 e. The lowest BCUT2D eigenvalue weighted by Crippen LogP contribution is -2.00. The van der Waals surface area contributed by atoms with E-state index < -0.39 is 0 Å². The topological polar surface area (TPSA) is 25.8 Å². The Kier molecular flexibility index (Phi) is 4.54. The van der Waals surface area contributed by atoms with Gasteiger partial charge in [-0.1, -0.05) is 56.6 Å². The molecule has 2 aromatic rings. The van der Waals surface area contributed by atoms with Crippen LogP contribution in [0.5, 0.6) is 0 Å². The maximum Gasteiger partial charge on any atom is 0.161 e. The standard InChI is InChI=1S/C16H19ClN2/c1-4-12-5-7-13(8-6-12)16-18-14(9-11(2)3)10-15(17)19-16/h5-8,10-11H,4,9H2,1-3H3. The number of aromatic nitrogens is 2. The lowest BCUT2D eigenvalue weighted by molar-refractivity contribution is 0.634. The zero-order chi connectivity index (χ0) is 13.8. The monoisotopic (exact) mass is 274 g/mol.